The highest BCUT2D eigenvalue weighted by Gasteiger charge is 2.29. The van der Waals surface area contributed by atoms with Gasteiger partial charge >= 0.3 is 0 Å². The highest BCUT2D eigenvalue weighted by Crippen LogP contribution is 2.39. The summed E-state index contributed by atoms with van der Waals surface area (Å²) < 4.78 is 5.29. The molecule has 0 fully saturated rings. The monoisotopic (exact) mass is 358 g/mol. The number of benzene rings is 2. The molecule has 1 atom stereocenters. The number of hydrogen-bond donors (Lipinski definition) is 1. The molecule has 4 rings (SSSR count). The first kappa shape index (κ1) is 17.3. The SMILES string of the molecule is COc1ccc(-c2cc(-c3ccccc3)nc3c2CCCC3C(N)=O)cc1. The van der Waals surface area contributed by atoms with E-state index in [1.54, 1.807) is 7.11 Å². The Hall–Kier alpha value is -3.14. The van der Waals surface area contributed by atoms with Gasteiger partial charge < -0.3 is 10.5 Å². The smallest absolute Gasteiger partial charge is 0.226 e. The Morgan fingerprint density at radius 1 is 1.07 bits per heavy atom. The Morgan fingerprint density at radius 3 is 2.48 bits per heavy atom. The molecule has 0 saturated heterocycles. The fourth-order valence-corrected chi connectivity index (χ4v) is 3.82. The lowest BCUT2D eigenvalue weighted by Gasteiger charge is -2.25. The molecular weight excluding hydrogens is 336 g/mol. The molecule has 0 bridgehead atoms. The fraction of sp³-hybridized carbons (Fsp3) is 0.217. The van der Waals surface area contributed by atoms with Gasteiger partial charge in [-0.05, 0) is 54.2 Å². The van der Waals surface area contributed by atoms with E-state index in [1.807, 2.05) is 42.5 Å². The van der Waals surface area contributed by atoms with Crippen molar-refractivity contribution in [3.63, 3.8) is 0 Å². The first-order valence-corrected chi connectivity index (χ1v) is 9.20. The van der Waals surface area contributed by atoms with Gasteiger partial charge in [0.05, 0.1) is 24.4 Å². The van der Waals surface area contributed by atoms with E-state index in [-0.39, 0.29) is 11.8 Å². The zero-order valence-electron chi connectivity index (χ0n) is 15.3. The van der Waals surface area contributed by atoms with Crippen LogP contribution in [-0.4, -0.2) is 18.0 Å². The number of fused-ring (bicyclic) bond motifs is 1. The van der Waals surface area contributed by atoms with Crippen LogP contribution >= 0.6 is 0 Å². The summed E-state index contributed by atoms with van der Waals surface area (Å²) in [6, 6.07) is 20.2. The number of rotatable bonds is 4. The number of carbonyl (C=O) groups excluding carboxylic acids is 1. The molecule has 1 aliphatic rings. The number of carbonyl (C=O) groups is 1. The topological polar surface area (TPSA) is 65.2 Å². The number of pyridine rings is 1. The second kappa shape index (κ2) is 7.23. The third kappa shape index (κ3) is 3.31. The summed E-state index contributed by atoms with van der Waals surface area (Å²) >= 11 is 0. The van der Waals surface area contributed by atoms with Gasteiger partial charge in [-0.2, -0.15) is 0 Å². The molecule has 1 amide bonds. The van der Waals surface area contributed by atoms with Crippen molar-refractivity contribution >= 4 is 5.91 Å². The Kier molecular flexibility index (Phi) is 4.63. The maximum absolute atomic E-state index is 12.1. The Labute approximate surface area is 159 Å². The minimum atomic E-state index is -0.325. The highest BCUT2D eigenvalue weighted by molar-refractivity contribution is 5.84. The van der Waals surface area contributed by atoms with Crippen molar-refractivity contribution < 1.29 is 9.53 Å². The van der Waals surface area contributed by atoms with E-state index in [4.69, 9.17) is 15.5 Å². The molecule has 4 heteroatoms. The van der Waals surface area contributed by atoms with Crippen LogP contribution < -0.4 is 10.5 Å². The maximum Gasteiger partial charge on any atom is 0.226 e. The normalized spacial score (nSPS) is 15.8. The van der Waals surface area contributed by atoms with Crippen LogP contribution in [0.4, 0.5) is 0 Å². The van der Waals surface area contributed by atoms with Crippen LogP contribution in [0.1, 0.15) is 30.0 Å². The summed E-state index contributed by atoms with van der Waals surface area (Å²) in [5, 5.41) is 0. The molecule has 2 N–H and O–H groups in total. The number of nitrogens with zero attached hydrogens (tertiary/aromatic N) is 1. The van der Waals surface area contributed by atoms with Gasteiger partial charge in [-0.25, -0.2) is 0 Å². The molecule has 0 radical (unpaired) electrons. The lowest BCUT2D eigenvalue weighted by molar-refractivity contribution is -0.119. The van der Waals surface area contributed by atoms with Crippen LogP contribution in [-0.2, 0) is 11.2 Å². The van der Waals surface area contributed by atoms with Gasteiger partial charge in [-0.3, -0.25) is 9.78 Å². The summed E-state index contributed by atoms with van der Waals surface area (Å²) in [7, 11) is 1.66. The van der Waals surface area contributed by atoms with E-state index in [0.29, 0.717) is 0 Å². The summed E-state index contributed by atoms with van der Waals surface area (Å²) in [5.41, 5.74) is 11.8. The van der Waals surface area contributed by atoms with Crippen molar-refractivity contribution in [1.29, 1.82) is 0 Å². The minimum absolute atomic E-state index is 0.297. The zero-order valence-corrected chi connectivity index (χ0v) is 15.3. The molecule has 1 aromatic heterocycles. The average Bonchev–Trinajstić information content (AvgIpc) is 2.73. The number of nitrogens with two attached hydrogens (primary N) is 1. The maximum atomic E-state index is 12.1. The van der Waals surface area contributed by atoms with Crippen molar-refractivity contribution in [1.82, 2.24) is 4.98 Å². The predicted molar refractivity (Wildman–Crippen MR) is 107 cm³/mol. The van der Waals surface area contributed by atoms with Crippen molar-refractivity contribution in [2.45, 2.75) is 25.2 Å². The first-order chi connectivity index (χ1) is 13.2. The quantitative estimate of drug-likeness (QED) is 0.755. The Balaban J connectivity index is 1.93. The van der Waals surface area contributed by atoms with Crippen LogP contribution in [0.25, 0.3) is 22.4 Å². The molecule has 0 aliphatic heterocycles. The van der Waals surface area contributed by atoms with Crippen LogP contribution in [0.2, 0.25) is 0 Å². The Morgan fingerprint density at radius 2 is 1.81 bits per heavy atom. The van der Waals surface area contributed by atoms with Crippen molar-refractivity contribution in [3.05, 3.63) is 71.9 Å². The second-order valence-electron chi connectivity index (χ2n) is 6.86. The molecular formula is C23H22N2O2. The lowest BCUT2D eigenvalue weighted by Crippen LogP contribution is -2.26. The Bertz CT molecular complexity index is 966. The van der Waals surface area contributed by atoms with Crippen LogP contribution in [0.5, 0.6) is 5.75 Å². The van der Waals surface area contributed by atoms with Gasteiger partial charge in [0.15, 0.2) is 0 Å². The predicted octanol–water partition coefficient (Wildman–Crippen LogP) is 4.33. The number of ether oxygens (including phenoxy) is 1. The summed E-state index contributed by atoms with van der Waals surface area (Å²) in [4.78, 5) is 16.9. The molecule has 27 heavy (non-hydrogen) atoms. The number of aromatic nitrogens is 1. The summed E-state index contributed by atoms with van der Waals surface area (Å²) in [6.07, 6.45) is 2.61. The summed E-state index contributed by atoms with van der Waals surface area (Å²) in [5.74, 6) is 0.198. The third-order valence-electron chi connectivity index (χ3n) is 5.22. The molecule has 136 valence electrons. The molecule has 1 heterocycles. The number of hydrogen-bond acceptors (Lipinski definition) is 3. The van der Waals surface area contributed by atoms with E-state index in [2.05, 4.69) is 18.2 Å². The second-order valence-corrected chi connectivity index (χ2v) is 6.86. The largest absolute Gasteiger partial charge is 0.497 e. The minimum Gasteiger partial charge on any atom is -0.497 e. The van der Waals surface area contributed by atoms with E-state index in [0.717, 1.165) is 58.7 Å². The van der Waals surface area contributed by atoms with Crippen LogP contribution in [0.15, 0.2) is 60.7 Å². The van der Waals surface area contributed by atoms with Crippen LogP contribution in [0.3, 0.4) is 0 Å². The molecule has 1 unspecified atom stereocenters. The van der Waals surface area contributed by atoms with Gasteiger partial charge in [-0.15, -0.1) is 0 Å². The highest BCUT2D eigenvalue weighted by atomic mass is 16.5. The van der Waals surface area contributed by atoms with Gasteiger partial charge in [0.2, 0.25) is 5.91 Å². The fourth-order valence-electron chi connectivity index (χ4n) is 3.82. The van der Waals surface area contributed by atoms with Crippen molar-refractivity contribution in [2.24, 2.45) is 5.73 Å². The standard InChI is InChI=1S/C23H22N2O2/c1-27-17-12-10-15(11-13-17)20-14-21(16-6-3-2-4-7-16)25-22-18(20)8-5-9-19(22)23(24)26/h2-4,6-7,10-14,19H,5,8-9H2,1H3,(H2,24,26). The molecule has 4 nitrogen and oxygen atoms in total. The third-order valence-corrected chi connectivity index (χ3v) is 5.22. The van der Waals surface area contributed by atoms with Crippen molar-refractivity contribution in [3.8, 4) is 28.1 Å². The van der Waals surface area contributed by atoms with Gasteiger partial charge in [0.25, 0.3) is 0 Å². The lowest BCUT2D eigenvalue weighted by atomic mass is 9.82. The van der Waals surface area contributed by atoms with E-state index >= 15 is 0 Å². The molecule has 0 saturated carbocycles. The molecule has 0 spiro atoms. The zero-order chi connectivity index (χ0) is 18.8. The first-order valence-electron chi connectivity index (χ1n) is 9.20. The van der Waals surface area contributed by atoms with E-state index < -0.39 is 0 Å². The van der Waals surface area contributed by atoms with Gasteiger partial charge in [0.1, 0.15) is 5.75 Å². The van der Waals surface area contributed by atoms with Crippen LogP contribution in [0, 0.1) is 0 Å². The summed E-state index contributed by atoms with van der Waals surface area (Å²) in [6.45, 7) is 0. The molecule has 1 aliphatic carbocycles. The average molecular weight is 358 g/mol. The number of amides is 1. The van der Waals surface area contributed by atoms with E-state index in [9.17, 15) is 4.79 Å². The molecule has 3 aromatic rings. The number of methoxy groups -OCH3 is 1. The van der Waals surface area contributed by atoms with Gasteiger partial charge in [-0.1, -0.05) is 42.5 Å². The van der Waals surface area contributed by atoms with Crippen molar-refractivity contribution in [2.75, 3.05) is 7.11 Å². The van der Waals surface area contributed by atoms with E-state index in [1.165, 1.54) is 0 Å². The number of primary amides is 1. The van der Waals surface area contributed by atoms with Gasteiger partial charge in [0, 0.05) is 5.56 Å². The molecule has 2 aromatic carbocycles.